The molecule has 0 saturated carbocycles. The van der Waals surface area contributed by atoms with Crippen molar-refractivity contribution in [2.24, 2.45) is 0 Å². The van der Waals surface area contributed by atoms with Gasteiger partial charge in [-0.2, -0.15) is 13.2 Å². The Kier molecular flexibility index (Phi) is 5.08. The summed E-state index contributed by atoms with van der Waals surface area (Å²) >= 11 is 0.811. The molecule has 0 aliphatic heterocycles. The number of nitrogens with zero attached hydrogens (tertiary/aromatic N) is 2. The normalized spacial score (nSPS) is 12.0. The van der Waals surface area contributed by atoms with Crippen molar-refractivity contribution in [3.8, 4) is 0 Å². The second-order valence-electron chi connectivity index (χ2n) is 4.71. The van der Waals surface area contributed by atoms with Crippen molar-refractivity contribution in [3.63, 3.8) is 0 Å². The van der Waals surface area contributed by atoms with Crippen LogP contribution in [0.25, 0.3) is 0 Å². The number of nitrogens with one attached hydrogen (secondary N) is 2. The molecule has 0 spiro atoms. The van der Waals surface area contributed by atoms with Gasteiger partial charge in [0.05, 0.1) is 18.2 Å². The van der Waals surface area contributed by atoms with Gasteiger partial charge in [0, 0.05) is 0 Å². The Hall–Kier alpha value is -2.21. The number of aromatic nitrogens is 2. The number of carbonyl (C=O) groups is 1. The number of sulfonamides is 1. The van der Waals surface area contributed by atoms with E-state index in [0.717, 1.165) is 29.7 Å². The molecule has 130 valence electrons. The number of anilines is 2. The van der Waals surface area contributed by atoms with E-state index in [2.05, 4.69) is 20.2 Å². The van der Waals surface area contributed by atoms with Crippen LogP contribution in [0.2, 0.25) is 0 Å². The van der Waals surface area contributed by atoms with Crippen LogP contribution in [-0.2, 0) is 27.4 Å². The number of amides is 1. The van der Waals surface area contributed by atoms with Crippen molar-refractivity contribution in [3.05, 3.63) is 35.4 Å². The van der Waals surface area contributed by atoms with E-state index in [4.69, 9.17) is 0 Å². The Bertz CT molecular complexity index is 832. The minimum absolute atomic E-state index is 0.0117. The molecular formula is C12H11F3N4O3S2. The number of hydrogen-bond acceptors (Lipinski definition) is 6. The molecule has 1 aromatic heterocycles. The number of halogens is 3. The van der Waals surface area contributed by atoms with Crippen molar-refractivity contribution < 1.29 is 26.4 Å². The quantitative estimate of drug-likeness (QED) is 0.827. The minimum Gasteiger partial charge on any atom is -0.300 e. The van der Waals surface area contributed by atoms with E-state index in [1.54, 1.807) is 0 Å². The van der Waals surface area contributed by atoms with Crippen LogP contribution in [0, 0.1) is 0 Å². The van der Waals surface area contributed by atoms with Gasteiger partial charge in [0.1, 0.15) is 0 Å². The first-order valence-electron chi connectivity index (χ1n) is 6.30. The largest absolute Gasteiger partial charge is 0.416 e. The van der Waals surface area contributed by atoms with Gasteiger partial charge in [-0.15, -0.1) is 10.2 Å². The molecule has 1 aromatic carbocycles. The summed E-state index contributed by atoms with van der Waals surface area (Å²) in [5.74, 6) is -0.517. The molecular weight excluding hydrogens is 369 g/mol. The number of benzene rings is 1. The zero-order valence-corrected chi connectivity index (χ0v) is 13.7. The maximum absolute atomic E-state index is 12.4. The number of alkyl halides is 3. The van der Waals surface area contributed by atoms with Crippen LogP contribution < -0.4 is 10.0 Å². The maximum atomic E-state index is 12.4. The second kappa shape index (κ2) is 6.73. The van der Waals surface area contributed by atoms with Gasteiger partial charge in [-0.1, -0.05) is 23.5 Å². The number of hydrogen-bond donors (Lipinski definition) is 2. The van der Waals surface area contributed by atoms with E-state index in [9.17, 15) is 26.4 Å². The van der Waals surface area contributed by atoms with Gasteiger partial charge >= 0.3 is 6.18 Å². The van der Waals surface area contributed by atoms with E-state index in [1.807, 2.05) is 0 Å². The van der Waals surface area contributed by atoms with Crippen LogP contribution in [-0.4, -0.2) is 30.8 Å². The lowest BCUT2D eigenvalue weighted by molar-refractivity contribution is -0.137. The summed E-state index contributed by atoms with van der Waals surface area (Å²) in [4.78, 5) is 11.8. The molecule has 2 N–H and O–H groups in total. The summed E-state index contributed by atoms with van der Waals surface area (Å²) in [5.41, 5.74) is -0.410. The lowest BCUT2D eigenvalue weighted by Gasteiger charge is -2.07. The molecule has 24 heavy (non-hydrogen) atoms. The fraction of sp³-hybridized carbons (Fsp3) is 0.250. The molecule has 2 aromatic rings. The van der Waals surface area contributed by atoms with Crippen molar-refractivity contribution in [2.75, 3.05) is 16.3 Å². The summed E-state index contributed by atoms with van der Waals surface area (Å²) < 4.78 is 61.5. The summed E-state index contributed by atoms with van der Waals surface area (Å²) in [7, 11) is -3.50. The monoisotopic (exact) mass is 380 g/mol. The number of rotatable bonds is 5. The second-order valence-corrected chi connectivity index (χ2v) is 7.43. The molecule has 12 heteroatoms. The smallest absolute Gasteiger partial charge is 0.300 e. The van der Waals surface area contributed by atoms with Crippen LogP contribution in [0.1, 0.15) is 11.1 Å². The summed E-state index contributed by atoms with van der Waals surface area (Å²) in [6, 6.07) is 4.20. The molecule has 0 fully saturated rings. The molecule has 7 nitrogen and oxygen atoms in total. The Morgan fingerprint density at radius 1 is 1.17 bits per heavy atom. The molecule has 0 bridgehead atoms. The molecule has 0 radical (unpaired) electrons. The van der Waals surface area contributed by atoms with Gasteiger partial charge in [0.2, 0.25) is 26.2 Å². The van der Waals surface area contributed by atoms with E-state index >= 15 is 0 Å². The molecule has 0 aliphatic rings. The molecule has 2 rings (SSSR count). The first-order valence-corrected chi connectivity index (χ1v) is 9.01. The van der Waals surface area contributed by atoms with E-state index < -0.39 is 27.7 Å². The highest BCUT2D eigenvalue weighted by Crippen LogP contribution is 2.29. The average molecular weight is 380 g/mol. The lowest BCUT2D eigenvalue weighted by Crippen LogP contribution is -2.14. The molecule has 0 saturated heterocycles. The zero-order chi connectivity index (χ0) is 18.0. The third-order valence-electron chi connectivity index (χ3n) is 2.59. The summed E-state index contributed by atoms with van der Waals surface area (Å²) in [6.45, 7) is 0. The van der Waals surface area contributed by atoms with Crippen LogP contribution in [0.3, 0.4) is 0 Å². The maximum Gasteiger partial charge on any atom is 0.416 e. The van der Waals surface area contributed by atoms with E-state index in [0.29, 0.717) is 5.56 Å². The van der Waals surface area contributed by atoms with E-state index in [1.165, 1.54) is 12.1 Å². The van der Waals surface area contributed by atoms with Gasteiger partial charge in [0.25, 0.3) is 0 Å². The molecule has 0 aliphatic carbocycles. The highest BCUT2D eigenvalue weighted by Gasteiger charge is 2.29. The Balaban J connectivity index is 1.96. The fourth-order valence-corrected chi connectivity index (χ4v) is 3.12. The summed E-state index contributed by atoms with van der Waals surface area (Å²) in [5, 5.41) is 9.57. The highest BCUT2D eigenvalue weighted by molar-refractivity contribution is 7.92. The Morgan fingerprint density at radius 3 is 2.29 bits per heavy atom. The lowest BCUT2D eigenvalue weighted by atomic mass is 10.1. The highest BCUT2D eigenvalue weighted by atomic mass is 32.2. The Morgan fingerprint density at radius 2 is 1.75 bits per heavy atom. The van der Waals surface area contributed by atoms with Crippen molar-refractivity contribution in [1.82, 2.24) is 10.2 Å². The fourth-order valence-electron chi connectivity index (χ4n) is 1.63. The third-order valence-corrected chi connectivity index (χ3v) is 4.04. The predicted octanol–water partition coefficient (Wildman–Crippen LogP) is 2.11. The van der Waals surface area contributed by atoms with Crippen LogP contribution in [0.15, 0.2) is 24.3 Å². The van der Waals surface area contributed by atoms with Crippen molar-refractivity contribution in [2.45, 2.75) is 12.6 Å². The van der Waals surface area contributed by atoms with Gasteiger partial charge in [-0.3, -0.25) is 9.52 Å². The standard InChI is InChI=1S/C12H11F3N4O3S2/c1-24(21,22)19-11-18-17-10(23-11)16-9(20)6-7-2-4-8(5-3-7)12(13,14)15/h2-5H,6H2,1H3,(H,18,19)(H,16,17,20). The summed E-state index contributed by atoms with van der Waals surface area (Å²) in [6.07, 6.45) is -3.65. The number of carbonyl (C=O) groups excluding carboxylic acids is 1. The predicted molar refractivity (Wildman–Crippen MR) is 82.2 cm³/mol. The molecule has 0 atom stereocenters. The van der Waals surface area contributed by atoms with E-state index in [-0.39, 0.29) is 16.7 Å². The van der Waals surface area contributed by atoms with Crippen molar-refractivity contribution in [1.29, 1.82) is 0 Å². The van der Waals surface area contributed by atoms with Gasteiger partial charge in [0.15, 0.2) is 0 Å². The van der Waals surface area contributed by atoms with Gasteiger partial charge < -0.3 is 5.32 Å². The third kappa shape index (κ3) is 5.45. The van der Waals surface area contributed by atoms with Crippen LogP contribution in [0.5, 0.6) is 0 Å². The SMILES string of the molecule is CS(=O)(=O)Nc1nnc(NC(=O)Cc2ccc(C(F)(F)F)cc2)s1. The van der Waals surface area contributed by atoms with Crippen LogP contribution >= 0.6 is 11.3 Å². The minimum atomic E-state index is -4.43. The Labute approximate surface area is 139 Å². The molecule has 1 amide bonds. The van der Waals surface area contributed by atoms with Crippen LogP contribution in [0.4, 0.5) is 23.4 Å². The zero-order valence-electron chi connectivity index (χ0n) is 12.1. The average Bonchev–Trinajstić information content (AvgIpc) is 2.82. The first-order chi connectivity index (χ1) is 11.0. The first kappa shape index (κ1) is 18.1. The van der Waals surface area contributed by atoms with Gasteiger partial charge in [-0.25, -0.2) is 8.42 Å². The molecule has 1 heterocycles. The van der Waals surface area contributed by atoms with Gasteiger partial charge in [-0.05, 0) is 17.7 Å². The van der Waals surface area contributed by atoms with Crippen molar-refractivity contribution >= 4 is 37.5 Å². The molecule has 0 unspecified atom stereocenters. The topological polar surface area (TPSA) is 101 Å².